The van der Waals surface area contributed by atoms with Crippen molar-refractivity contribution in [3.05, 3.63) is 59.4 Å². The van der Waals surface area contributed by atoms with Crippen molar-refractivity contribution in [1.29, 1.82) is 0 Å². The Kier molecular flexibility index (Phi) is 5.33. The van der Waals surface area contributed by atoms with Crippen LogP contribution in [0.15, 0.2) is 42.5 Å². The Morgan fingerprint density at radius 3 is 2.96 bits per heavy atom. The lowest BCUT2D eigenvalue weighted by molar-refractivity contribution is -0.122. The van der Waals surface area contributed by atoms with Crippen LogP contribution in [0.4, 0.5) is 0 Å². The highest BCUT2D eigenvalue weighted by Crippen LogP contribution is 2.27. The molecule has 28 heavy (non-hydrogen) atoms. The maximum atomic E-state index is 12.7. The number of aromatic amines is 1. The fraction of sp³-hybridized carbons (Fsp3) is 0.391. The molecule has 5 heteroatoms. The van der Waals surface area contributed by atoms with Crippen molar-refractivity contribution in [2.45, 2.75) is 45.6 Å². The number of imidazole rings is 1. The summed E-state index contributed by atoms with van der Waals surface area (Å²) >= 11 is 0. The highest BCUT2D eigenvalue weighted by atomic mass is 16.5. The summed E-state index contributed by atoms with van der Waals surface area (Å²) in [5.74, 6) is 2.16. The number of benzene rings is 2. The van der Waals surface area contributed by atoms with Gasteiger partial charge in [0, 0.05) is 12.8 Å². The Balaban J connectivity index is 1.43. The number of carbonyl (C=O) groups is 1. The third-order valence-corrected chi connectivity index (χ3v) is 5.63. The third-order valence-electron chi connectivity index (χ3n) is 5.63. The molecule has 0 bridgehead atoms. The van der Waals surface area contributed by atoms with E-state index in [-0.39, 0.29) is 11.9 Å². The van der Waals surface area contributed by atoms with Crippen LogP contribution in [-0.4, -0.2) is 22.5 Å². The molecule has 1 amide bonds. The van der Waals surface area contributed by atoms with Gasteiger partial charge in [-0.1, -0.05) is 44.5 Å². The highest BCUT2D eigenvalue weighted by Gasteiger charge is 2.23. The van der Waals surface area contributed by atoms with E-state index in [4.69, 9.17) is 9.72 Å². The Hall–Kier alpha value is -2.82. The largest absolute Gasteiger partial charge is 0.493 e. The predicted octanol–water partition coefficient (Wildman–Crippen LogP) is 4.33. The Morgan fingerprint density at radius 1 is 1.29 bits per heavy atom. The van der Waals surface area contributed by atoms with Crippen LogP contribution in [0.5, 0.6) is 5.75 Å². The molecule has 0 radical (unpaired) electrons. The van der Waals surface area contributed by atoms with E-state index in [0.29, 0.717) is 12.3 Å². The summed E-state index contributed by atoms with van der Waals surface area (Å²) in [4.78, 5) is 20.8. The van der Waals surface area contributed by atoms with Crippen molar-refractivity contribution in [1.82, 2.24) is 15.3 Å². The van der Waals surface area contributed by atoms with Crippen LogP contribution < -0.4 is 10.1 Å². The van der Waals surface area contributed by atoms with E-state index in [0.717, 1.165) is 48.5 Å². The highest BCUT2D eigenvalue weighted by molar-refractivity contribution is 5.77. The van der Waals surface area contributed by atoms with E-state index in [1.807, 2.05) is 30.3 Å². The molecule has 2 atom stereocenters. The lowest BCUT2D eigenvalue weighted by Gasteiger charge is -2.22. The van der Waals surface area contributed by atoms with Crippen LogP contribution in [0.25, 0.3) is 11.0 Å². The van der Waals surface area contributed by atoms with E-state index in [1.165, 1.54) is 11.1 Å². The average molecular weight is 377 g/mol. The van der Waals surface area contributed by atoms with Crippen LogP contribution in [0, 0.1) is 5.92 Å². The first-order valence-electron chi connectivity index (χ1n) is 10.1. The summed E-state index contributed by atoms with van der Waals surface area (Å²) in [6, 6.07) is 14.1. The molecule has 0 saturated heterocycles. The Morgan fingerprint density at radius 2 is 2.14 bits per heavy atom. The topological polar surface area (TPSA) is 67.0 Å². The second kappa shape index (κ2) is 8.05. The van der Waals surface area contributed by atoms with Crippen LogP contribution >= 0.6 is 0 Å². The molecule has 0 saturated carbocycles. The van der Waals surface area contributed by atoms with Gasteiger partial charge in [0.1, 0.15) is 11.6 Å². The predicted molar refractivity (Wildman–Crippen MR) is 110 cm³/mol. The summed E-state index contributed by atoms with van der Waals surface area (Å²) < 4.78 is 5.55. The molecular formula is C23H27N3O2. The first-order valence-corrected chi connectivity index (χ1v) is 10.1. The van der Waals surface area contributed by atoms with Gasteiger partial charge < -0.3 is 15.0 Å². The van der Waals surface area contributed by atoms with E-state index < -0.39 is 0 Å². The molecule has 0 spiro atoms. The van der Waals surface area contributed by atoms with Gasteiger partial charge in [-0.25, -0.2) is 4.98 Å². The van der Waals surface area contributed by atoms with Crippen LogP contribution in [-0.2, 0) is 17.6 Å². The van der Waals surface area contributed by atoms with E-state index >= 15 is 0 Å². The van der Waals surface area contributed by atoms with Crippen LogP contribution in [0.1, 0.15) is 49.7 Å². The number of hydrogen-bond donors (Lipinski definition) is 2. The smallest absolute Gasteiger partial charge is 0.220 e. The third kappa shape index (κ3) is 3.88. The van der Waals surface area contributed by atoms with Gasteiger partial charge in [0.05, 0.1) is 23.7 Å². The minimum absolute atomic E-state index is 0.0579. The quantitative estimate of drug-likeness (QED) is 0.644. The van der Waals surface area contributed by atoms with Crippen molar-refractivity contribution in [2.24, 2.45) is 5.92 Å². The number of para-hydroxylation sites is 2. The average Bonchev–Trinajstić information content (AvgIpc) is 3.35. The number of ether oxygens (including phenoxy) is 1. The molecule has 4 rings (SSSR count). The number of H-pyrrole nitrogens is 1. The fourth-order valence-corrected chi connectivity index (χ4v) is 3.73. The Bertz CT molecular complexity index is 946. The fourth-order valence-electron chi connectivity index (χ4n) is 3.73. The lowest BCUT2D eigenvalue weighted by Crippen LogP contribution is -2.33. The molecule has 1 aromatic heterocycles. The SMILES string of the molecule is CC[C@@H](C)[C@@H](NC(=O)CCc1ccc2c(c1)CCO2)c1nc2ccccc2[nH]1. The number of hydrogen-bond acceptors (Lipinski definition) is 3. The molecule has 0 fully saturated rings. The van der Waals surface area contributed by atoms with Gasteiger partial charge in [0.2, 0.25) is 5.91 Å². The van der Waals surface area contributed by atoms with Crippen molar-refractivity contribution in [3.63, 3.8) is 0 Å². The minimum Gasteiger partial charge on any atom is -0.493 e. The maximum absolute atomic E-state index is 12.7. The van der Waals surface area contributed by atoms with Crippen molar-refractivity contribution >= 4 is 16.9 Å². The summed E-state index contributed by atoms with van der Waals surface area (Å²) in [5.41, 5.74) is 4.36. The molecule has 0 unspecified atom stereocenters. The summed E-state index contributed by atoms with van der Waals surface area (Å²) in [6.07, 6.45) is 3.11. The molecule has 0 aliphatic carbocycles. The summed E-state index contributed by atoms with van der Waals surface area (Å²) in [7, 11) is 0. The number of amides is 1. The first kappa shape index (κ1) is 18.5. The van der Waals surface area contributed by atoms with Crippen molar-refractivity contribution in [3.8, 4) is 5.75 Å². The van der Waals surface area contributed by atoms with Crippen molar-refractivity contribution < 1.29 is 9.53 Å². The second-order valence-corrected chi connectivity index (χ2v) is 7.61. The number of carbonyl (C=O) groups excluding carboxylic acids is 1. The zero-order chi connectivity index (χ0) is 19.5. The molecular weight excluding hydrogens is 350 g/mol. The van der Waals surface area contributed by atoms with Gasteiger partial charge in [-0.15, -0.1) is 0 Å². The van der Waals surface area contributed by atoms with Crippen LogP contribution in [0.2, 0.25) is 0 Å². The molecule has 2 N–H and O–H groups in total. The molecule has 5 nitrogen and oxygen atoms in total. The molecule has 1 aliphatic rings. The number of aryl methyl sites for hydroxylation is 1. The van der Waals surface area contributed by atoms with E-state index in [2.05, 4.69) is 36.3 Å². The standard InChI is InChI=1S/C23H27N3O2/c1-3-15(2)22(23-24-18-6-4-5-7-19(18)25-23)26-21(27)11-9-16-8-10-20-17(14-16)12-13-28-20/h4-8,10,14-15,22H,3,9,11-13H2,1-2H3,(H,24,25)(H,26,27)/t15-,22-/m1/s1. The number of nitrogens with zero attached hydrogens (tertiary/aromatic N) is 1. The molecule has 1 aliphatic heterocycles. The van der Waals surface area contributed by atoms with Gasteiger partial charge in [-0.05, 0) is 41.7 Å². The molecule has 2 aromatic carbocycles. The maximum Gasteiger partial charge on any atom is 0.220 e. The summed E-state index contributed by atoms with van der Waals surface area (Å²) in [5, 5.41) is 3.21. The van der Waals surface area contributed by atoms with E-state index in [9.17, 15) is 4.79 Å². The zero-order valence-electron chi connectivity index (χ0n) is 16.5. The first-order chi connectivity index (χ1) is 13.6. The number of nitrogens with one attached hydrogen (secondary N) is 2. The number of fused-ring (bicyclic) bond motifs is 2. The van der Waals surface area contributed by atoms with Crippen LogP contribution in [0.3, 0.4) is 0 Å². The lowest BCUT2D eigenvalue weighted by atomic mass is 9.98. The molecule has 146 valence electrons. The second-order valence-electron chi connectivity index (χ2n) is 7.61. The zero-order valence-corrected chi connectivity index (χ0v) is 16.5. The van der Waals surface area contributed by atoms with Gasteiger partial charge in [0.25, 0.3) is 0 Å². The minimum atomic E-state index is -0.113. The van der Waals surface area contributed by atoms with Gasteiger partial charge >= 0.3 is 0 Å². The van der Waals surface area contributed by atoms with Gasteiger partial charge in [-0.2, -0.15) is 0 Å². The molecule has 3 aromatic rings. The molecule has 2 heterocycles. The van der Waals surface area contributed by atoms with E-state index in [1.54, 1.807) is 0 Å². The van der Waals surface area contributed by atoms with Crippen molar-refractivity contribution in [2.75, 3.05) is 6.61 Å². The number of aromatic nitrogens is 2. The Labute approximate surface area is 165 Å². The number of rotatable bonds is 7. The van der Waals surface area contributed by atoms with Gasteiger partial charge in [-0.3, -0.25) is 4.79 Å². The van der Waals surface area contributed by atoms with Gasteiger partial charge in [0.15, 0.2) is 0 Å². The summed E-state index contributed by atoms with van der Waals surface area (Å²) in [6.45, 7) is 5.05. The monoisotopic (exact) mass is 377 g/mol. The normalized spacial score (nSPS) is 15.1.